The second-order valence-corrected chi connectivity index (χ2v) is 7.80. The monoisotopic (exact) mass is 386 g/mol. The molecule has 9 heteroatoms. The summed E-state index contributed by atoms with van der Waals surface area (Å²) in [5.74, 6) is 2.15. The molecule has 0 radical (unpaired) electrons. The predicted octanol–water partition coefficient (Wildman–Crippen LogP) is 2.27. The first kappa shape index (κ1) is 17.9. The number of hydrogen-bond donors (Lipinski definition) is 2. The maximum atomic E-state index is 12.6. The Labute approximate surface area is 161 Å². The van der Waals surface area contributed by atoms with Crippen molar-refractivity contribution in [3.05, 3.63) is 50.1 Å². The van der Waals surface area contributed by atoms with E-state index >= 15 is 0 Å². The molecule has 142 valence electrons. The number of aromatic amines is 1. The van der Waals surface area contributed by atoms with Gasteiger partial charge in [-0.2, -0.15) is 5.10 Å². The first-order valence-corrected chi connectivity index (χ1v) is 9.78. The fourth-order valence-electron chi connectivity index (χ4n) is 3.38. The number of nitrogens with zero attached hydrogens (tertiary/aromatic N) is 4. The Morgan fingerprint density at radius 2 is 2.26 bits per heavy atom. The van der Waals surface area contributed by atoms with Crippen LogP contribution in [0.25, 0.3) is 0 Å². The van der Waals surface area contributed by atoms with E-state index in [1.807, 2.05) is 26.2 Å². The van der Waals surface area contributed by atoms with Crippen molar-refractivity contribution in [1.82, 2.24) is 30.6 Å². The summed E-state index contributed by atoms with van der Waals surface area (Å²) >= 11 is 1.65. The van der Waals surface area contributed by atoms with E-state index < -0.39 is 0 Å². The lowest BCUT2D eigenvalue weighted by Gasteiger charge is -2.27. The zero-order chi connectivity index (χ0) is 19.0. The first-order chi connectivity index (χ1) is 13.0. The fourth-order valence-corrected chi connectivity index (χ4v) is 4.50. The summed E-state index contributed by atoms with van der Waals surface area (Å²) in [5, 5.41) is 15.7. The number of aromatic nitrogens is 4. The number of nitrogens with one attached hydrogen (secondary N) is 2. The summed E-state index contributed by atoms with van der Waals surface area (Å²) in [6.07, 6.45) is 0.866. The molecule has 1 aliphatic heterocycles. The van der Waals surface area contributed by atoms with Crippen LogP contribution in [0.4, 0.5) is 0 Å². The number of carbonyl (C=O) groups is 1. The zero-order valence-electron chi connectivity index (χ0n) is 15.6. The Morgan fingerprint density at radius 3 is 2.96 bits per heavy atom. The average molecular weight is 386 g/mol. The number of fused-ring (bicyclic) bond motifs is 1. The van der Waals surface area contributed by atoms with Gasteiger partial charge in [0.1, 0.15) is 11.6 Å². The highest BCUT2D eigenvalue weighted by Crippen LogP contribution is 2.30. The van der Waals surface area contributed by atoms with E-state index in [1.54, 1.807) is 11.3 Å². The number of rotatable bonds is 5. The molecule has 1 aliphatic rings. The van der Waals surface area contributed by atoms with Crippen molar-refractivity contribution in [2.45, 2.75) is 46.8 Å². The van der Waals surface area contributed by atoms with Gasteiger partial charge in [0.2, 0.25) is 0 Å². The van der Waals surface area contributed by atoms with Gasteiger partial charge in [0.25, 0.3) is 5.91 Å². The topological polar surface area (TPSA) is 99.9 Å². The molecule has 0 bridgehead atoms. The van der Waals surface area contributed by atoms with Crippen molar-refractivity contribution in [3.8, 4) is 0 Å². The van der Waals surface area contributed by atoms with E-state index in [0.717, 1.165) is 54.5 Å². The third-order valence-corrected chi connectivity index (χ3v) is 5.90. The molecule has 3 aromatic heterocycles. The van der Waals surface area contributed by atoms with Gasteiger partial charge in [0.05, 0.1) is 17.8 Å². The molecule has 2 N–H and O–H groups in total. The van der Waals surface area contributed by atoms with Gasteiger partial charge in [0.15, 0.2) is 5.82 Å². The molecule has 0 saturated heterocycles. The largest absolute Gasteiger partial charge is 0.361 e. The molecule has 0 aromatic carbocycles. The van der Waals surface area contributed by atoms with Crippen LogP contribution in [0.5, 0.6) is 0 Å². The highest BCUT2D eigenvalue weighted by Gasteiger charge is 2.25. The van der Waals surface area contributed by atoms with Gasteiger partial charge in [-0.15, -0.1) is 11.3 Å². The van der Waals surface area contributed by atoms with E-state index in [2.05, 4.69) is 30.6 Å². The first-order valence-electron chi connectivity index (χ1n) is 8.90. The van der Waals surface area contributed by atoms with Crippen LogP contribution < -0.4 is 5.32 Å². The molecule has 4 heterocycles. The number of thiophene rings is 1. The van der Waals surface area contributed by atoms with E-state index in [1.165, 1.54) is 10.4 Å². The lowest BCUT2D eigenvalue weighted by atomic mass is 10.0. The van der Waals surface area contributed by atoms with Crippen LogP contribution >= 0.6 is 11.3 Å². The minimum Gasteiger partial charge on any atom is -0.361 e. The third-order valence-electron chi connectivity index (χ3n) is 4.88. The van der Waals surface area contributed by atoms with Gasteiger partial charge in [-0.1, -0.05) is 5.16 Å². The third kappa shape index (κ3) is 3.65. The molecule has 8 nitrogen and oxygen atoms in total. The molecule has 0 atom stereocenters. The van der Waals surface area contributed by atoms with Gasteiger partial charge < -0.3 is 9.84 Å². The summed E-state index contributed by atoms with van der Waals surface area (Å²) in [6, 6.07) is 0. The molecule has 27 heavy (non-hydrogen) atoms. The summed E-state index contributed by atoms with van der Waals surface area (Å²) in [6.45, 7) is 8.67. The number of H-pyrrole nitrogens is 1. The molecule has 0 unspecified atom stereocenters. The minimum atomic E-state index is -0.0610. The SMILES string of the molecule is Cc1nc(CNC(=O)c2csc3c2CCN(Cc2c(C)noc2C)C3)n[nH]1. The van der Waals surface area contributed by atoms with Gasteiger partial charge in [-0.05, 0) is 32.8 Å². The molecule has 4 rings (SSSR count). The standard InChI is InChI=1S/C18H22N6O2S/c1-10-14(11(2)26-23-10)7-24-5-4-13-15(9-27-16(13)8-24)18(25)19-6-17-20-12(3)21-22-17/h9H,4-8H2,1-3H3,(H,19,25)(H,20,21,22). The predicted molar refractivity (Wildman–Crippen MR) is 100 cm³/mol. The van der Waals surface area contributed by atoms with Crippen molar-refractivity contribution in [3.63, 3.8) is 0 Å². The van der Waals surface area contributed by atoms with E-state index in [4.69, 9.17) is 4.52 Å². The van der Waals surface area contributed by atoms with Crippen LogP contribution in [0.2, 0.25) is 0 Å². The van der Waals surface area contributed by atoms with Crippen molar-refractivity contribution < 1.29 is 9.32 Å². The Balaban J connectivity index is 1.41. The van der Waals surface area contributed by atoms with E-state index in [0.29, 0.717) is 12.4 Å². The van der Waals surface area contributed by atoms with Crippen molar-refractivity contribution in [2.75, 3.05) is 6.54 Å². The van der Waals surface area contributed by atoms with Crippen LogP contribution in [-0.2, 0) is 26.1 Å². The van der Waals surface area contributed by atoms with Crippen molar-refractivity contribution in [1.29, 1.82) is 0 Å². The molecular formula is C18H22N6O2S. The Hall–Kier alpha value is -2.52. The van der Waals surface area contributed by atoms with Gasteiger partial charge in [-0.3, -0.25) is 14.8 Å². The molecule has 1 amide bonds. The van der Waals surface area contributed by atoms with Crippen LogP contribution in [0.1, 0.15) is 49.5 Å². The normalized spacial score (nSPS) is 14.3. The van der Waals surface area contributed by atoms with Crippen LogP contribution in [0.15, 0.2) is 9.90 Å². The molecule has 0 saturated carbocycles. The summed E-state index contributed by atoms with van der Waals surface area (Å²) in [5.41, 5.74) is 4.06. The van der Waals surface area contributed by atoms with E-state index in [-0.39, 0.29) is 5.91 Å². The lowest BCUT2D eigenvalue weighted by Crippen LogP contribution is -2.31. The Kier molecular flexibility index (Phi) is 4.79. The molecule has 0 aliphatic carbocycles. The number of amides is 1. The summed E-state index contributed by atoms with van der Waals surface area (Å²) in [4.78, 5) is 20.4. The highest BCUT2D eigenvalue weighted by molar-refractivity contribution is 7.10. The van der Waals surface area contributed by atoms with Gasteiger partial charge >= 0.3 is 0 Å². The van der Waals surface area contributed by atoms with Crippen LogP contribution in [0.3, 0.4) is 0 Å². The quantitative estimate of drug-likeness (QED) is 0.698. The maximum absolute atomic E-state index is 12.6. The number of aryl methyl sites for hydroxylation is 3. The smallest absolute Gasteiger partial charge is 0.252 e. The summed E-state index contributed by atoms with van der Waals surface area (Å²) in [7, 11) is 0. The number of hydrogen-bond acceptors (Lipinski definition) is 7. The van der Waals surface area contributed by atoms with Crippen molar-refractivity contribution >= 4 is 17.2 Å². The summed E-state index contributed by atoms with van der Waals surface area (Å²) < 4.78 is 5.27. The number of carbonyl (C=O) groups excluding carboxylic acids is 1. The maximum Gasteiger partial charge on any atom is 0.252 e. The molecule has 3 aromatic rings. The lowest BCUT2D eigenvalue weighted by molar-refractivity contribution is 0.0948. The van der Waals surface area contributed by atoms with Gasteiger partial charge in [0, 0.05) is 35.5 Å². The second kappa shape index (κ2) is 7.24. The average Bonchev–Trinajstić information content (AvgIpc) is 3.34. The molecular weight excluding hydrogens is 364 g/mol. The highest BCUT2D eigenvalue weighted by atomic mass is 32.1. The Bertz CT molecular complexity index is 953. The molecule has 0 fully saturated rings. The second-order valence-electron chi connectivity index (χ2n) is 6.83. The Morgan fingerprint density at radius 1 is 1.41 bits per heavy atom. The minimum absolute atomic E-state index is 0.0610. The van der Waals surface area contributed by atoms with Crippen LogP contribution in [-0.4, -0.2) is 37.7 Å². The van der Waals surface area contributed by atoms with Crippen LogP contribution in [0, 0.1) is 20.8 Å². The van der Waals surface area contributed by atoms with E-state index in [9.17, 15) is 4.79 Å². The fraction of sp³-hybridized carbons (Fsp3) is 0.444. The van der Waals surface area contributed by atoms with Gasteiger partial charge in [-0.25, -0.2) is 4.98 Å². The molecule has 0 spiro atoms. The van der Waals surface area contributed by atoms with Crippen molar-refractivity contribution in [2.24, 2.45) is 0 Å². The zero-order valence-corrected chi connectivity index (χ0v) is 16.4.